The summed E-state index contributed by atoms with van der Waals surface area (Å²) in [5.74, 6) is -0.601. The van der Waals surface area contributed by atoms with Crippen LogP contribution in [0.1, 0.15) is 36.7 Å². The number of thiazole rings is 1. The molecule has 1 aromatic heterocycles. The van der Waals surface area contributed by atoms with Gasteiger partial charge in [0.25, 0.3) is 0 Å². The highest BCUT2D eigenvalue weighted by Crippen LogP contribution is 2.20. The molecule has 0 spiro atoms. The van der Waals surface area contributed by atoms with Crippen LogP contribution in [0, 0.1) is 5.92 Å². The molecule has 0 saturated heterocycles. The lowest BCUT2D eigenvalue weighted by Gasteiger charge is -2.14. The number of carbonyl (C=O) groups excluding carboxylic acids is 1. The molecule has 2 unspecified atom stereocenters. The number of aryl methyl sites for hydroxylation is 1. The van der Waals surface area contributed by atoms with E-state index >= 15 is 0 Å². The van der Waals surface area contributed by atoms with Gasteiger partial charge < -0.3 is 11.1 Å². The molecule has 0 aliphatic rings. The zero-order valence-corrected chi connectivity index (χ0v) is 11.8. The van der Waals surface area contributed by atoms with Gasteiger partial charge in [0, 0.05) is 11.1 Å². The minimum atomic E-state index is -0.446. The van der Waals surface area contributed by atoms with Crippen LogP contribution in [-0.4, -0.2) is 15.9 Å². The molecular weight excluding hydrogens is 254 g/mol. The summed E-state index contributed by atoms with van der Waals surface area (Å²) in [6.07, 6.45) is 2.81. The molecule has 1 rings (SSSR count). The van der Waals surface area contributed by atoms with Gasteiger partial charge in [-0.1, -0.05) is 19.1 Å². The van der Waals surface area contributed by atoms with Crippen molar-refractivity contribution in [3.63, 3.8) is 0 Å². The van der Waals surface area contributed by atoms with Gasteiger partial charge in [-0.05, 0) is 20.3 Å². The average Bonchev–Trinajstić information content (AvgIpc) is 2.76. The van der Waals surface area contributed by atoms with E-state index in [9.17, 15) is 4.79 Å². The second-order valence-corrected chi connectivity index (χ2v) is 5.49. The van der Waals surface area contributed by atoms with Crippen molar-refractivity contribution < 1.29 is 4.79 Å². The van der Waals surface area contributed by atoms with Crippen LogP contribution in [0.3, 0.4) is 0 Å². The average molecular weight is 271 g/mol. The summed E-state index contributed by atoms with van der Waals surface area (Å²) >= 11 is 6.40. The van der Waals surface area contributed by atoms with Crippen LogP contribution < -0.4 is 11.1 Å². The maximum atomic E-state index is 11.7. The van der Waals surface area contributed by atoms with E-state index in [1.165, 1.54) is 4.88 Å². The predicted molar refractivity (Wildman–Crippen MR) is 74.0 cm³/mol. The maximum Gasteiger partial charge on any atom is 0.230 e. The second kappa shape index (κ2) is 6.07. The van der Waals surface area contributed by atoms with E-state index in [1.54, 1.807) is 18.3 Å². The Kier molecular flexibility index (Phi) is 5.02. The number of aromatic nitrogens is 1. The van der Waals surface area contributed by atoms with E-state index in [0.717, 1.165) is 11.4 Å². The second-order valence-electron chi connectivity index (χ2n) is 3.87. The molecule has 17 heavy (non-hydrogen) atoms. The van der Waals surface area contributed by atoms with Crippen molar-refractivity contribution in [3.05, 3.63) is 16.1 Å². The molecule has 0 aliphatic carbocycles. The SMILES string of the molecule is CCc1cnc(C(C)NC(=O)C(C)C(N)=S)s1. The number of nitrogens with one attached hydrogen (secondary N) is 1. The standard InChI is InChI=1S/C11H17N3OS2/c1-4-8-5-13-11(17-8)7(3)14-10(15)6(2)9(12)16/h5-7H,4H2,1-3H3,(H2,12,16)(H,14,15). The van der Waals surface area contributed by atoms with Gasteiger partial charge in [-0.3, -0.25) is 4.79 Å². The first kappa shape index (κ1) is 14.1. The minimum Gasteiger partial charge on any atom is -0.393 e. The summed E-state index contributed by atoms with van der Waals surface area (Å²) in [7, 11) is 0. The van der Waals surface area contributed by atoms with Crippen LogP contribution in [0.5, 0.6) is 0 Å². The number of thiocarbonyl (C=S) groups is 1. The highest BCUT2D eigenvalue weighted by Gasteiger charge is 2.19. The number of amides is 1. The zero-order chi connectivity index (χ0) is 13.0. The smallest absolute Gasteiger partial charge is 0.230 e. The molecule has 0 aliphatic heterocycles. The topological polar surface area (TPSA) is 68.0 Å². The van der Waals surface area contributed by atoms with Crippen molar-refractivity contribution in [1.82, 2.24) is 10.3 Å². The fourth-order valence-corrected chi connectivity index (χ4v) is 2.18. The first-order valence-corrected chi connectivity index (χ1v) is 6.72. The molecule has 1 amide bonds. The van der Waals surface area contributed by atoms with Gasteiger partial charge in [-0.2, -0.15) is 0 Å². The summed E-state index contributed by atoms with van der Waals surface area (Å²) in [4.78, 5) is 17.4. The van der Waals surface area contributed by atoms with Crippen LogP contribution in [0.4, 0.5) is 0 Å². The van der Waals surface area contributed by atoms with Gasteiger partial charge in [0.15, 0.2) is 0 Å². The largest absolute Gasteiger partial charge is 0.393 e. The Morgan fingerprint density at radius 3 is 2.76 bits per heavy atom. The third-order valence-electron chi connectivity index (χ3n) is 2.47. The Hall–Kier alpha value is -1.01. The Labute approximate surface area is 111 Å². The highest BCUT2D eigenvalue weighted by atomic mass is 32.1. The van der Waals surface area contributed by atoms with E-state index < -0.39 is 5.92 Å². The third-order valence-corrected chi connectivity index (χ3v) is 4.15. The molecule has 0 saturated carbocycles. The van der Waals surface area contributed by atoms with Gasteiger partial charge >= 0.3 is 0 Å². The highest BCUT2D eigenvalue weighted by molar-refractivity contribution is 7.80. The van der Waals surface area contributed by atoms with Crippen molar-refractivity contribution in [2.75, 3.05) is 0 Å². The molecule has 6 heteroatoms. The fourth-order valence-electron chi connectivity index (χ4n) is 1.22. The molecule has 0 radical (unpaired) electrons. The number of rotatable bonds is 5. The fraction of sp³-hybridized carbons (Fsp3) is 0.545. The lowest BCUT2D eigenvalue weighted by Crippen LogP contribution is -2.37. The van der Waals surface area contributed by atoms with Crippen molar-refractivity contribution in [1.29, 1.82) is 0 Å². The van der Waals surface area contributed by atoms with E-state index in [2.05, 4.69) is 17.2 Å². The Morgan fingerprint density at radius 1 is 1.65 bits per heavy atom. The molecular formula is C11H17N3OS2. The molecule has 94 valence electrons. The summed E-state index contributed by atoms with van der Waals surface area (Å²) in [6.45, 7) is 5.68. The number of nitrogens with zero attached hydrogens (tertiary/aromatic N) is 1. The van der Waals surface area contributed by atoms with E-state index in [-0.39, 0.29) is 16.9 Å². The van der Waals surface area contributed by atoms with Crippen LogP contribution in [0.15, 0.2) is 6.20 Å². The van der Waals surface area contributed by atoms with Crippen LogP contribution in [0.25, 0.3) is 0 Å². The zero-order valence-electron chi connectivity index (χ0n) is 10.2. The normalized spacial score (nSPS) is 14.1. The van der Waals surface area contributed by atoms with Crippen molar-refractivity contribution in [2.24, 2.45) is 11.7 Å². The summed E-state index contributed by atoms with van der Waals surface area (Å²) in [5, 5.41) is 3.76. The summed E-state index contributed by atoms with van der Waals surface area (Å²) in [5.41, 5.74) is 5.43. The van der Waals surface area contributed by atoms with Crippen LogP contribution in [0.2, 0.25) is 0 Å². The van der Waals surface area contributed by atoms with E-state index in [0.29, 0.717) is 0 Å². The van der Waals surface area contributed by atoms with Gasteiger partial charge in [0.2, 0.25) is 5.91 Å². The van der Waals surface area contributed by atoms with Gasteiger partial charge in [0.05, 0.1) is 16.9 Å². The van der Waals surface area contributed by atoms with Gasteiger partial charge in [-0.25, -0.2) is 4.98 Å². The molecule has 0 bridgehead atoms. The minimum absolute atomic E-state index is 0.107. The van der Waals surface area contributed by atoms with Crippen molar-refractivity contribution >= 4 is 34.5 Å². The van der Waals surface area contributed by atoms with Crippen molar-refractivity contribution in [2.45, 2.75) is 33.2 Å². The number of carbonyl (C=O) groups is 1. The predicted octanol–water partition coefficient (Wildman–Crippen LogP) is 1.80. The summed E-state index contributed by atoms with van der Waals surface area (Å²) < 4.78 is 0. The lowest BCUT2D eigenvalue weighted by atomic mass is 10.1. The number of nitrogens with two attached hydrogens (primary N) is 1. The lowest BCUT2D eigenvalue weighted by molar-refractivity contribution is -0.123. The Balaban J connectivity index is 2.62. The van der Waals surface area contributed by atoms with Crippen LogP contribution >= 0.6 is 23.6 Å². The molecule has 3 N–H and O–H groups in total. The quantitative estimate of drug-likeness (QED) is 0.801. The molecule has 1 aromatic rings. The van der Waals surface area contributed by atoms with Gasteiger partial charge in [-0.15, -0.1) is 11.3 Å². The summed E-state index contributed by atoms with van der Waals surface area (Å²) in [6, 6.07) is -0.107. The monoisotopic (exact) mass is 271 g/mol. The molecule has 1 heterocycles. The molecule has 4 nitrogen and oxygen atoms in total. The Bertz CT molecular complexity index is 417. The van der Waals surface area contributed by atoms with Crippen LogP contribution in [-0.2, 0) is 11.2 Å². The van der Waals surface area contributed by atoms with Gasteiger partial charge in [0.1, 0.15) is 5.01 Å². The molecule has 0 fully saturated rings. The first-order chi connectivity index (χ1) is 7.95. The third kappa shape index (κ3) is 3.74. The van der Waals surface area contributed by atoms with E-state index in [4.69, 9.17) is 18.0 Å². The first-order valence-electron chi connectivity index (χ1n) is 5.50. The van der Waals surface area contributed by atoms with Crippen molar-refractivity contribution in [3.8, 4) is 0 Å². The molecule has 2 atom stereocenters. The Morgan fingerprint density at radius 2 is 2.29 bits per heavy atom. The number of hydrogen-bond acceptors (Lipinski definition) is 4. The van der Waals surface area contributed by atoms with E-state index in [1.807, 2.05) is 13.1 Å². The maximum absolute atomic E-state index is 11.7. The molecule has 0 aromatic carbocycles. The number of hydrogen-bond donors (Lipinski definition) is 2.